The van der Waals surface area contributed by atoms with E-state index in [0.717, 1.165) is 17.0 Å². The predicted molar refractivity (Wildman–Crippen MR) is 139 cm³/mol. The first-order valence-corrected chi connectivity index (χ1v) is 12.2. The number of aromatic nitrogens is 1. The van der Waals surface area contributed by atoms with Crippen LogP contribution in [0.2, 0.25) is 0 Å². The van der Waals surface area contributed by atoms with E-state index in [4.69, 9.17) is 14.2 Å². The molecule has 198 valence electrons. The molecule has 38 heavy (non-hydrogen) atoms. The molecule has 0 atom stereocenters. The number of alkyl halides is 3. The first-order chi connectivity index (χ1) is 18.3. The quantitative estimate of drug-likeness (QED) is 0.190. The van der Waals surface area contributed by atoms with Crippen molar-refractivity contribution in [1.29, 1.82) is 0 Å². The second kappa shape index (κ2) is 12.0. The van der Waals surface area contributed by atoms with Gasteiger partial charge in [0.2, 0.25) is 0 Å². The van der Waals surface area contributed by atoms with E-state index in [1.807, 2.05) is 30.3 Å². The summed E-state index contributed by atoms with van der Waals surface area (Å²) in [6.07, 6.45) is -0.240. The molecule has 0 unspecified atom stereocenters. The van der Waals surface area contributed by atoms with Crippen molar-refractivity contribution in [3.63, 3.8) is 0 Å². The zero-order valence-electron chi connectivity index (χ0n) is 21.2. The Balaban J connectivity index is 1.30. The maximum Gasteiger partial charge on any atom is 0.416 e. The summed E-state index contributed by atoms with van der Waals surface area (Å²) in [5, 5.41) is 0.773. The van der Waals surface area contributed by atoms with Gasteiger partial charge in [-0.1, -0.05) is 30.3 Å². The summed E-state index contributed by atoms with van der Waals surface area (Å²) in [4.78, 5) is 16.8. The number of ketones is 1. The van der Waals surface area contributed by atoms with Crippen LogP contribution in [-0.2, 0) is 23.8 Å². The summed E-state index contributed by atoms with van der Waals surface area (Å²) in [5.41, 5.74) is 1.56. The molecule has 0 bridgehead atoms. The predicted octanol–water partition coefficient (Wildman–Crippen LogP) is 7.59. The Kier molecular flexibility index (Phi) is 8.51. The van der Waals surface area contributed by atoms with E-state index in [1.165, 1.54) is 12.1 Å². The Morgan fingerprint density at radius 3 is 2.29 bits per heavy atom. The van der Waals surface area contributed by atoms with E-state index in [-0.39, 0.29) is 5.78 Å². The van der Waals surface area contributed by atoms with Crippen LogP contribution in [0.1, 0.15) is 36.0 Å². The minimum Gasteiger partial charge on any atom is -0.493 e. The maximum absolute atomic E-state index is 12.9. The maximum atomic E-state index is 12.9. The van der Waals surface area contributed by atoms with Gasteiger partial charge in [0.25, 0.3) is 0 Å². The van der Waals surface area contributed by atoms with Gasteiger partial charge in [0, 0.05) is 30.5 Å². The fourth-order valence-corrected chi connectivity index (χ4v) is 4.21. The first-order valence-electron chi connectivity index (χ1n) is 12.2. The van der Waals surface area contributed by atoms with Gasteiger partial charge < -0.3 is 14.2 Å². The van der Waals surface area contributed by atoms with Crippen LogP contribution in [0.25, 0.3) is 10.9 Å². The van der Waals surface area contributed by atoms with Crippen molar-refractivity contribution in [3.05, 3.63) is 89.6 Å². The molecule has 0 saturated heterocycles. The fourth-order valence-electron chi connectivity index (χ4n) is 4.21. The molecule has 0 saturated carbocycles. The number of halogens is 3. The third-order valence-electron chi connectivity index (χ3n) is 6.18. The van der Waals surface area contributed by atoms with E-state index < -0.39 is 11.7 Å². The summed E-state index contributed by atoms with van der Waals surface area (Å²) in [7, 11) is 3.13. The summed E-state index contributed by atoms with van der Waals surface area (Å²) in [5.74, 6) is 2.46. The van der Waals surface area contributed by atoms with Crippen molar-refractivity contribution in [3.8, 4) is 23.0 Å². The number of Topliss-reactive ketones (excluding diaryl/α,β-unsaturated/α-hetero) is 1. The molecular formula is C30H28F3NO4. The zero-order chi connectivity index (χ0) is 27.1. The minimum atomic E-state index is -4.35. The zero-order valence-corrected chi connectivity index (χ0v) is 21.2. The lowest BCUT2D eigenvalue weighted by molar-refractivity contribution is -0.137. The average Bonchev–Trinajstić information content (AvgIpc) is 2.91. The van der Waals surface area contributed by atoms with Crippen LogP contribution in [0, 0.1) is 0 Å². The smallest absolute Gasteiger partial charge is 0.416 e. The first kappa shape index (κ1) is 27.0. The number of carbonyl (C=O) groups is 1. The number of fused-ring (bicyclic) bond motifs is 1. The Labute approximate surface area is 219 Å². The van der Waals surface area contributed by atoms with Gasteiger partial charge >= 0.3 is 6.18 Å². The van der Waals surface area contributed by atoms with Crippen molar-refractivity contribution in [2.24, 2.45) is 0 Å². The summed E-state index contributed by atoms with van der Waals surface area (Å²) < 4.78 is 55.4. The summed E-state index contributed by atoms with van der Waals surface area (Å²) >= 11 is 0. The Morgan fingerprint density at radius 1 is 0.842 bits per heavy atom. The number of aryl methyl sites for hydroxylation is 1. The number of benzene rings is 3. The molecule has 1 heterocycles. The molecule has 0 aliphatic carbocycles. The van der Waals surface area contributed by atoms with Gasteiger partial charge in [-0.05, 0) is 60.7 Å². The highest BCUT2D eigenvalue weighted by molar-refractivity contribution is 5.88. The second-order valence-corrected chi connectivity index (χ2v) is 8.90. The van der Waals surface area contributed by atoms with Crippen LogP contribution in [0.3, 0.4) is 0 Å². The molecule has 0 aliphatic heterocycles. The average molecular weight is 524 g/mol. The van der Waals surface area contributed by atoms with Gasteiger partial charge in [-0.25, -0.2) is 0 Å². The number of pyridine rings is 1. The van der Waals surface area contributed by atoms with Gasteiger partial charge in [0.15, 0.2) is 11.5 Å². The topological polar surface area (TPSA) is 57.7 Å². The molecule has 0 aliphatic rings. The third-order valence-corrected chi connectivity index (χ3v) is 6.18. The number of methoxy groups -OCH3 is 2. The number of unbranched alkanes of at least 4 members (excludes halogenated alkanes) is 1. The lowest BCUT2D eigenvalue weighted by atomic mass is 10.0. The van der Waals surface area contributed by atoms with Crippen LogP contribution in [0.15, 0.2) is 72.9 Å². The van der Waals surface area contributed by atoms with E-state index in [1.54, 1.807) is 38.6 Å². The van der Waals surface area contributed by atoms with Crippen LogP contribution < -0.4 is 14.2 Å². The van der Waals surface area contributed by atoms with Crippen molar-refractivity contribution >= 4 is 16.7 Å². The van der Waals surface area contributed by atoms with Crippen molar-refractivity contribution < 1.29 is 32.2 Å². The summed E-state index contributed by atoms with van der Waals surface area (Å²) in [6, 6.07) is 18.0. The van der Waals surface area contributed by atoms with E-state index >= 15 is 0 Å². The number of carbonyl (C=O) groups excluding carboxylic acids is 1. The van der Waals surface area contributed by atoms with E-state index in [9.17, 15) is 18.0 Å². The number of nitrogens with zero attached hydrogens (tertiary/aromatic N) is 1. The normalized spacial score (nSPS) is 11.4. The van der Waals surface area contributed by atoms with Crippen LogP contribution in [0.4, 0.5) is 13.2 Å². The Bertz CT molecular complexity index is 1400. The fraction of sp³-hybridized carbons (Fsp3) is 0.267. The lowest BCUT2D eigenvalue weighted by Gasteiger charge is -2.12. The van der Waals surface area contributed by atoms with Gasteiger partial charge in [0.1, 0.15) is 17.3 Å². The SMILES string of the molecule is COc1cc2nccc(Oc3ccc(CC(=O)CCCCc4cccc(C(F)(F)F)c4)cc3)c2cc1OC. The molecule has 0 fully saturated rings. The van der Waals surface area contributed by atoms with Gasteiger partial charge in [-0.3, -0.25) is 9.78 Å². The van der Waals surface area contributed by atoms with Crippen LogP contribution in [0.5, 0.6) is 23.0 Å². The molecule has 5 nitrogen and oxygen atoms in total. The number of hydrogen-bond acceptors (Lipinski definition) is 5. The number of ether oxygens (including phenoxy) is 3. The molecule has 4 aromatic rings. The molecule has 1 aromatic heterocycles. The van der Waals surface area contributed by atoms with E-state index in [0.29, 0.717) is 66.2 Å². The molecule has 0 spiro atoms. The Hall–Kier alpha value is -4.07. The van der Waals surface area contributed by atoms with Crippen LogP contribution >= 0.6 is 0 Å². The van der Waals surface area contributed by atoms with Crippen molar-refractivity contribution in [1.82, 2.24) is 4.98 Å². The van der Waals surface area contributed by atoms with E-state index in [2.05, 4.69) is 4.98 Å². The number of rotatable bonds is 11. The molecule has 0 radical (unpaired) electrons. The third kappa shape index (κ3) is 6.82. The van der Waals surface area contributed by atoms with Gasteiger partial charge in [0.05, 0.1) is 25.3 Å². The molecular weight excluding hydrogens is 495 g/mol. The van der Waals surface area contributed by atoms with Crippen molar-refractivity contribution in [2.45, 2.75) is 38.3 Å². The summed E-state index contributed by atoms with van der Waals surface area (Å²) in [6.45, 7) is 0. The van der Waals surface area contributed by atoms with Crippen molar-refractivity contribution in [2.75, 3.05) is 14.2 Å². The monoisotopic (exact) mass is 523 g/mol. The molecule has 0 amide bonds. The lowest BCUT2D eigenvalue weighted by Crippen LogP contribution is -2.05. The molecule has 4 rings (SSSR count). The largest absolute Gasteiger partial charge is 0.493 e. The highest BCUT2D eigenvalue weighted by atomic mass is 19.4. The molecule has 3 aromatic carbocycles. The second-order valence-electron chi connectivity index (χ2n) is 8.90. The molecule has 0 N–H and O–H groups in total. The highest BCUT2D eigenvalue weighted by Crippen LogP contribution is 2.37. The Morgan fingerprint density at radius 2 is 1.58 bits per heavy atom. The molecule has 8 heteroatoms. The van der Waals surface area contributed by atoms with Gasteiger partial charge in [-0.2, -0.15) is 13.2 Å². The number of hydrogen-bond donors (Lipinski definition) is 0. The minimum absolute atomic E-state index is 0.0869. The highest BCUT2D eigenvalue weighted by Gasteiger charge is 2.30. The van der Waals surface area contributed by atoms with Crippen LogP contribution in [-0.4, -0.2) is 25.0 Å². The standard InChI is InChI=1S/C30H28F3NO4/c1-36-28-18-25-26(19-29(28)37-2)34-15-14-27(25)38-24-12-10-21(11-13-24)17-23(35)9-4-3-6-20-7-5-8-22(16-20)30(31,32)33/h5,7-8,10-16,18-19H,3-4,6,9,17H2,1-2H3. The van der Waals surface area contributed by atoms with Gasteiger partial charge in [-0.15, -0.1) is 0 Å².